The van der Waals surface area contributed by atoms with Crippen molar-refractivity contribution < 1.29 is 4.74 Å². The lowest BCUT2D eigenvalue weighted by Crippen LogP contribution is -2.12. The van der Waals surface area contributed by atoms with Crippen LogP contribution in [0, 0.1) is 6.92 Å². The summed E-state index contributed by atoms with van der Waals surface area (Å²) in [5, 5.41) is 3.27. The highest BCUT2D eigenvalue weighted by molar-refractivity contribution is 9.10. The van der Waals surface area contributed by atoms with Gasteiger partial charge in [-0.2, -0.15) is 0 Å². The van der Waals surface area contributed by atoms with E-state index in [2.05, 4.69) is 36.6 Å². The zero-order chi connectivity index (χ0) is 15.2. The lowest BCUT2D eigenvalue weighted by atomic mass is 10.2. The number of nitrogen functional groups attached to an aromatic ring is 1. The number of aryl methyl sites for hydroxylation is 1. The Balaban J connectivity index is 2.27. The van der Waals surface area contributed by atoms with E-state index in [1.54, 1.807) is 6.07 Å². The number of anilines is 3. The second-order valence-electron chi connectivity index (χ2n) is 4.42. The van der Waals surface area contributed by atoms with E-state index in [0.717, 1.165) is 15.7 Å². The number of ether oxygens (including phenoxy) is 1. The van der Waals surface area contributed by atoms with Gasteiger partial charge in [0.15, 0.2) is 5.82 Å². The third-order valence-corrected chi connectivity index (χ3v) is 3.31. The van der Waals surface area contributed by atoms with Crippen LogP contribution < -0.4 is 16.6 Å². The van der Waals surface area contributed by atoms with Crippen molar-refractivity contribution in [3.63, 3.8) is 0 Å². The molecule has 0 aliphatic carbocycles. The van der Waals surface area contributed by atoms with Crippen LogP contribution >= 0.6 is 15.9 Å². The number of halogens is 1. The minimum absolute atomic E-state index is 0.345. The third-order valence-electron chi connectivity index (χ3n) is 2.82. The molecule has 0 saturated carbocycles. The Hall–Kier alpha value is -1.70. The number of nitrogens with zero attached hydrogens (tertiary/aromatic N) is 2. The first kappa shape index (κ1) is 15.7. The molecule has 0 aliphatic rings. The predicted molar refractivity (Wildman–Crippen MR) is 87.3 cm³/mol. The molecule has 0 spiro atoms. The maximum Gasteiger partial charge on any atom is 0.158 e. The van der Waals surface area contributed by atoms with Crippen molar-refractivity contribution in [3.8, 4) is 0 Å². The van der Waals surface area contributed by atoms with E-state index in [0.29, 0.717) is 30.7 Å². The Kier molecular flexibility index (Phi) is 5.49. The van der Waals surface area contributed by atoms with E-state index in [1.165, 1.54) is 0 Å². The summed E-state index contributed by atoms with van der Waals surface area (Å²) in [5.74, 6) is 7.22. The Bertz CT molecular complexity index is 620. The van der Waals surface area contributed by atoms with Crippen LogP contribution in [0.25, 0.3) is 0 Å². The molecule has 112 valence electrons. The highest BCUT2D eigenvalue weighted by atomic mass is 79.9. The fourth-order valence-corrected chi connectivity index (χ4v) is 2.12. The normalized spacial score (nSPS) is 10.5. The number of nitrogens with two attached hydrogens (primary N) is 1. The van der Waals surface area contributed by atoms with Gasteiger partial charge in [-0.1, -0.05) is 22.0 Å². The number of rotatable bonds is 6. The quantitative estimate of drug-likeness (QED) is 0.547. The fourth-order valence-electron chi connectivity index (χ4n) is 1.76. The van der Waals surface area contributed by atoms with E-state index < -0.39 is 0 Å². The minimum Gasteiger partial charge on any atom is -0.374 e. The molecule has 0 atom stereocenters. The van der Waals surface area contributed by atoms with E-state index in [1.807, 2.05) is 32.0 Å². The molecule has 0 aliphatic heterocycles. The standard InChI is InChI=1S/C14H18BrN5O/c1-3-21-8-14-18-12(7-13(19-14)20-16)17-11-6-10(15)5-4-9(11)2/h4-7H,3,8,16H2,1-2H3,(H2,17,18,19,20). The van der Waals surface area contributed by atoms with Gasteiger partial charge in [0.2, 0.25) is 0 Å². The van der Waals surface area contributed by atoms with Crippen molar-refractivity contribution in [3.05, 3.63) is 40.1 Å². The average molecular weight is 352 g/mol. The molecule has 0 radical (unpaired) electrons. The summed E-state index contributed by atoms with van der Waals surface area (Å²) < 4.78 is 6.33. The van der Waals surface area contributed by atoms with Crippen LogP contribution in [0.1, 0.15) is 18.3 Å². The SMILES string of the molecule is CCOCc1nc(NN)cc(Nc2cc(Br)ccc2C)n1. The topological polar surface area (TPSA) is 85.1 Å². The monoisotopic (exact) mass is 351 g/mol. The lowest BCUT2D eigenvalue weighted by molar-refractivity contribution is 0.128. The van der Waals surface area contributed by atoms with Crippen LogP contribution in [0.5, 0.6) is 0 Å². The predicted octanol–water partition coefficient (Wildman–Crippen LogP) is 3.11. The van der Waals surface area contributed by atoms with Gasteiger partial charge in [-0.25, -0.2) is 15.8 Å². The summed E-state index contributed by atoms with van der Waals surface area (Å²) in [4.78, 5) is 8.68. The van der Waals surface area contributed by atoms with Crippen LogP contribution in [0.4, 0.5) is 17.3 Å². The van der Waals surface area contributed by atoms with E-state index in [4.69, 9.17) is 10.6 Å². The molecule has 0 fully saturated rings. The maximum absolute atomic E-state index is 5.45. The summed E-state index contributed by atoms with van der Waals surface area (Å²) in [5.41, 5.74) is 4.62. The molecule has 21 heavy (non-hydrogen) atoms. The van der Waals surface area contributed by atoms with Gasteiger partial charge in [0.05, 0.1) is 0 Å². The third kappa shape index (κ3) is 4.38. The second kappa shape index (κ2) is 7.35. The van der Waals surface area contributed by atoms with Crippen molar-refractivity contribution in [2.75, 3.05) is 17.3 Å². The van der Waals surface area contributed by atoms with Crippen molar-refractivity contribution in [1.29, 1.82) is 0 Å². The van der Waals surface area contributed by atoms with Crippen LogP contribution in [0.2, 0.25) is 0 Å². The summed E-state index contributed by atoms with van der Waals surface area (Å²) in [6, 6.07) is 7.76. The Morgan fingerprint density at radius 2 is 2.00 bits per heavy atom. The Morgan fingerprint density at radius 3 is 2.71 bits per heavy atom. The number of hydrogen-bond donors (Lipinski definition) is 3. The summed E-state index contributed by atoms with van der Waals surface area (Å²) in [6.07, 6.45) is 0. The van der Waals surface area contributed by atoms with Crippen molar-refractivity contribution >= 4 is 33.3 Å². The van der Waals surface area contributed by atoms with Crippen LogP contribution in [0.3, 0.4) is 0 Å². The molecule has 4 N–H and O–H groups in total. The second-order valence-corrected chi connectivity index (χ2v) is 5.34. The highest BCUT2D eigenvalue weighted by Crippen LogP contribution is 2.24. The fraction of sp³-hybridized carbons (Fsp3) is 0.286. The number of aromatic nitrogens is 2. The molecule has 0 bridgehead atoms. The highest BCUT2D eigenvalue weighted by Gasteiger charge is 2.06. The smallest absolute Gasteiger partial charge is 0.158 e. The van der Waals surface area contributed by atoms with Gasteiger partial charge >= 0.3 is 0 Å². The molecule has 6 nitrogen and oxygen atoms in total. The van der Waals surface area contributed by atoms with Crippen molar-refractivity contribution in [2.24, 2.45) is 5.84 Å². The van der Waals surface area contributed by atoms with E-state index >= 15 is 0 Å². The van der Waals surface area contributed by atoms with E-state index in [-0.39, 0.29) is 0 Å². The zero-order valence-electron chi connectivity index (χ0n) is 12.0. The van der Waals surface area contributed by atoms with Gasteiger partial charge in [0.1, 0.15) is 18.2 Å². The first-order valence-electron chi connectivity index (χ1n) is 6.58. The first-order valence-corrected chi connectivity index (χ1v) is 7.37. The van der Waals surface area contributed by atoms with Gasteiger partial charge in [0.25, 0.3) is 0 Å². The molecular formula is C14H18BrN5O. The number of nitrogens with one attached hydrogen (secondary N) is 2. The number of hydrazine groups is 1. The molecule has 1 aromatic heterocycles. The molecule has 0 saturated heterocycles. The molecule has 0 amide bonds. The average Bonchev–Trinajstić information content (AvgIpc) is 2.48. The maximum atomic E-state index is 5.45. The molecule has 0 unspecified atom stereocenters. The number of benzene rings is 1. The van der Waals surface area contributed by atoms with Gasteiger partial charge in [-0.05, 0) is 31.5 Å². The van der Waals surface area contributed by atoms with E-state index in [9.17, 15) is 0 Å². The van der Waals surface area contributed by atoms with Gasteiger partial charge in [-0.3, -0.25) is 0 Å². The largest absolute Gasteiger partial charge is 0.374 e. The Labute approximate surface area is 132 Å². The zero-order valence-corrected chi connectivity index (χ0v) is 13.6. The van der Waals surface area contributed by atoms with Crippen molar-refractivity contribution in [1.82, 2.24) is 9.97 Å². The lowest BCUT2D eigenvalue weighted by Gasteiger charge is -2.12. The molecule has 1 heterocycles. The molecule has 1 aromatic carbocycles. The van der Waals surface area contributed by atoms with Crippen molar-refractivity contribution in [2.45, 2.75) is 20.5 Å². The molecular weight excluding hydrogens is 334 g/mol. The Morgan fingerprint density at radius 1 is 1.24 bits per heavy atom. The van der Waals surface area contributed by atoms with Gasteiger partial charge in [-0.15, -0.1) is 0 Å². The summed E-state index contributed by atoms with van der Waals surface area (Å²) >= 11 is 3.46. The molecule has 2 aromatic rings. The van der Waals surface area contributed by atoms with Crippen LogP contribution in [-0.2, 0) is 11.3 Å². The molecule has 7 heteroatoms. The summed E-state index contributed by atoms with van der Waals surface area (Å²) in [6.45, 7) is 4.91. The minimum atomic E-state index is 0.345. The van der Waals surface area contributed by atoms with Gasteiger partial charge in [0, 0.05) is 22.8 Å². The first-order chi connectivity index (χ1) is 10.1. The van der Waals surface area contributed by atoms with Gasteiger partial charge < -0.3 is 15.5 Å². The molecule has 2 rings (SSSR count). The van der Waals surface area contributed by atoms with Crippen LogP contribution in [0.15, 0.2) is 28.7 Å². The van der Waals surface area contributed by atoms with Crippen LogP contribution in [-0.4, -0.2) is 16.6 Å². The summed E-state index contributed by atoms with van der Waals surface area (Å²) in [7, 11) is 0. The number of hydrogen-bond acceptors (Lipinski definition) is 6.